The summed E-state index contributed by atoms with van der Waals surface area (Å²) in [5.41, 5.74) is -0.524. The molecule has 1 amide bonds. The fourth-order valence-electron chi connectivity index (χ4n) is 3.82. The van der Waals surface area contributed by atoms with Gasteiger partial charge in [-0.15, -0.1) is 11.3 Å². The van der Waals surface area contributed by atoms with Gasteiger partial charge in [-0.3, -0.25) is 14.4 Å². The van der Waals surface area contributed by atoms with Gasteiger partial charge in [0.1, 0.15) is 21.5 Å². The molecular weight excluding hydrogens is 496 g/mol. The van der Waals surface area contributed by atoms with Crippen LogP contribution in [0.4, 0.5) is 0 Å². The number of aliphatic hydroxyl groups is 1. The zero-order chi connectivity index (χ0) is 25.1. The van der Waals surface area contributed by atoms with Crippen LogP contribution in [-0.2, 0) is 29.0 Å². The molecule has 3 heterocycles. The van der Waals surface area contributed by atoms with Crippen molar-refractivity contribution in [3.8, 4) is 0 Å². The van der Waals surface area contributed by atoms with Crippen LogP contribution in [0, 0.1) is 0 Å². The summed E-state index contributed by atoms with van der Waals surface area (Å²) in [6.07, 6.45) is 7.46. The minimum absolute atomic E-state index is 0.111. The summed E-state index contributed by atoms with van der Waals surface area (Å²) < 4.78 is 16.9. The van der Waals surface area contributed by atoms with Gasteiger partial charge in [0.2, 0.25) is 11.0 Å². The second kappa shape index (κ2) is 10.8. The Morgan fingerprint density at radius 3 is 2.62 bits per heavy atom. The molecule has 0 saturated carbocycles. The van der Waals surface area contributed by atoms with Crippen LogP contribution in [0.3, 0.4) is 0 Å². The topological polar surface area (TPSA) is 123 Å². The number of allylic oxidation sites excluding steroid dienone is 3. The van der Waals surface area contributed by atoms with Gasteiger partial charge in [-0.05, 0) is 51.8 Å². The van der Waals surface area contributed by atoms with E-state index in [1.807, 2.05) is 5.38 Å². The largest absolute Gasteiger partial charge is 0.380 e. The number of hydrogen-bond donors (Lipinski definition) is 2. The fraction of sp³-hybridized carbons (Fsp3) is 0.478. The standard InChI is InChI=1S/C23H28N2O6S3/c1-14-9-10-23(22(3,29)21(28)33-34(23)30)12-19(27)24-15(2)20-25-16(13-32-20)7-5-6-8-17(26)18(11-14)31-4/h5-8,11,13,15,18,29H,9-10,12H2,1-4H3,(H,24,27)/b7-5-,8-6+,14-11+. The average Bonchev–Trinajstić information content (AvgIpc) is 3.31. The fourth-order valence-corrected chi connectivity index (χ4v) is 8.56. The zero-order valence-corrected chi connectivity index (χ0v) is 21.9. The van der Waals surface area contributed by atoms with Gasteiger partial charge >= 0.3 is 0 Å². The monoisotopic (exact) mass is 524 g/mol. The smallest absolute Gasteiger partial charge is 0.234 e. The molecular formula is C23H28N2O6S3. The zero-order valence-electron chi connectivity index (χ0n) is 19.4. The third kappa shape index (κ3) is 5.49. The SMILES string of the molecule is COC1/C=C(\C)CCC2(CC(=O)NC(C)c3nc(cs3)/C=C\C=C\C1=O)S(=O)SC(=O)C2(C)O. The van der Waals surface area contributed by atoms with Gasteiger partial charge < -0.3 is 15.2 Å². The van der Waals surface area contributed by atoms with Crippen molar-refractivity contribution >= 4 is 54.8 Å². The number of aromatic nitrogens is 1. The molecule has 0 aromatic carbocycles. The number of hydrogen-bond acceptors (Lipinski definition) is 9. The van der Waals surface area contributed by atoms with Crippen molar-refractivity contribution in [1.29, 1.82) is 0 Å². The molecule has 11 heteroatoms. The maximum atomic E-state index is 13.1. The number of amides is 1. The van der Waals surface area contributed by atoms with Crippen molar-refractivity contribution in [1.82, 2.24) is 10.3 Å². The van der Waals surface area contributed by atoms with E-state index in [1.54, 1.807) is 38.2 Å². The number of thiazole rings is 1. The Bertz CT molecular complexity index is 1090. The Hall–Kier alpha value is -1.92. The number of nitrogens with zero attached hydrogens (tertiary/aromatic N) is 1. The minimum Gasteiger partial charge on any atom is -0.380 e. The van der Waals surface area contributed by atoms with Crippen molar-refractivity contribution < 1.29 is 28.4 Å². The highest BCUT2D eigenvalue weighted by molar-refractivity contribution is 8.76. The molecule has 1 saturated heterocycles. The lowest BCUT2D eigenvalue weighted by Gasteiger charge is -2.36. The first-order valence-electron chi connectivity index (χ1n) is 10.7. The Morgan fingerprint density at radius 2 is 1.97 bits per heavy atom. The first kappa shape index (κ1) is 26.7. The maximum absolute atomic E-state index is 13.1. The van der Waals surface area contributed by atoms with E-state index in [9.17, 15) is 23.7 Å². The van der Waals surface area contributed by atoms with E-state index < -0.39 is 43.3 Å². The number of ketones is 1. The van der Waals surface area contributed by atoms with Gasteiger partial charge in [-0.1, -0.05) is 17.7 Å². The summed E-state index contributed by atoms with van der Waals surface area (Å²) in [5.74, 6) is -0.684. The lowest BCUT2D eigenvalue weighted by molar-refractivity contribution is -0.132. The number of carbonyl (C=O) groups is 3. The van der Waals surface area contributed by atoms with Crippen molar-refractivity contribution in [3.63, 3.8) is 0 Å². The van der Waals surface area contributed by atoms with Crippen LogP contribution in [0.15, 0.2) is 35.3 Å². The van der Waals surface area contributed by atoms with E-state index in [0.717, 1.165) is 5.57 Å². The summed E-state index contributed by atoms with van der Waals surface area (Å²) in [7, 11) is 0.160. The summed E-state index contributed by atoms with van der Waals surface area (Å²) in [6, 6.07) is -0.417. The van der Waals surface area contributed by atoms with E-state index in [4.69, 9.17) is 4.74 Å². The summed E-state index contributed by atoms with van der Waals surface area (Å²) in [6.45, 7) is 4.90. The van der Waals surface area contributed by atoms with E-state index in [0.29, 0.717) is 27.9 Å². The Labute approximate surface area is 208 Å². The normalized spacial score (nSPS) is 36.9. The summed E-state index contributed by atoms with van der Waals surface area (Å²) in [5, 5.41) is 15.8. The molecule has 3 rings (SSSR count). The van der Waals surface area contributed by atoms with Crippen molar-refractivity contribution in [2.45, 2.75) is 62.5 Å². The highest BCUT2D eigenvalue weighted by Gasteiger charge is 2.63. The predicted octanol–water partition coefficient (Wildman–Crippen LogP) is 3.03. The lowest BCUT2D eigenvalue weighted by Crippen LogP contribution is -2.55. The van der Waals surface area contributed by atoms with E-state index >= 15 is 0 Å². The number of rotatable bonds is 1. The second-order valence-corrected chi connectivity index (χ2v) is 12.6. The summed E-state index contributed by atoms with van der Waals surface area (Å²) in [4.78, 5) is 42.5. The molecule has 1 fully saturated rings. The molecule has 1 spiro atoms. The van der Waals surface area contributed by atoms with Crippen LogP contribution >= 0.6 is 22.1 Å². The maximum Gasteiger partial charge on any atom is 0.234 e. The minimum atomic E-state index is -1.96. The van der Waals surface area contributed by atoms with Gasteiger partial charge in [-0.2, -0.15) is 0 Å². The van der Waals surface area contributed by atoms with Crippen molar-refractivity contribution in [2.75, 3.05) is 7.11 Å². The van der Waals surface area contributed by atoms with Crippen LogP contribution in [0.1, 0.15) is 56.8 Å². The molecule has 34 heavy (non-hydrogen) atoms. The number of ether oxygens (including phenoxy) is 1. The van der Waals surface area contributed by atoms with E-state index in [2.05, 4.69) is 10.3 Å². The molecule has 0 aliphatic carbocycles. The Kier molecular flexibility index (Phi) is 8.46. The highest BCUT2D eigenvalue weighted by Crippen LogP contribution is 2.50. The molecule has 184 valence electrons. The van der Waals surface area contributed by atoms with E-state index in [1.165, 1.54) is 31.4 Å². The number of methoxy groups -OCH3 is 1. The number of nitrogens with one attached hydrogen (secondary N) is 1. The van der Waals surface area contributed by atoms with Crippen LogP contribution in [-0.4, -0.2) is 54.7 Å². The van der Waals surface area contributed by atoms with Gasteiger partial charge in [0.25, 0.3) is 0 Å². The molecule has 5 atom stereocenters. The Balaban J connectivity index is 2.01. The molecule has 2 bridgehead atoms. The first-order valence-corrected chi connectivity index (χ1v) is 14.1. The van der Waals surface area contributed by atoms with Crippen molar-refractivity contribution in [3.05, 3.63) is 46.0 Å². The van der Waals surface area contributed by atoms with Gasteiger partial charge in [-0.25, -0.2) is 9.19 Å². The third-order valence-electron chi connectivity index (χ3n) is 6.02. The molecule has 0 radical (unpaired) electrons. The predicted molar refractivity (Wildman–Crippen MR) is 134 cm³/mol. The van der Waals surface area contributed by atoms with Gasteiger partial charge in [0, 0.05) is 29.7 Å². The van der Waals surface area contributed by atoms with Crippen LogP contribution in [0.5, 0.6) is 0 Å². The number of fused-ring (bicyclic) bond motifs is 2. The second-order valence-electron chi connectivity index (χ2n) is 8.54. The first-order chi connectivity index (χ1) is 16.0. The molecule has 5 unspecified atom stereocenters. The average molecular weight is 525 g/mol. The Morgan fingerprint density at radius 1 is 1.26 bits per heavy atom. The van der Waals surface area contributed by atoms with E-state index in [-0.39, 0.29) is 18.6 Å². The lowest BCUT2D eigenvalue weighted by atomic mass is 9.81. The van der Waals surface area contributed by atoms with Crippen LogP contribution in [0.2, 0.25) is 0 Å². The third-order valence-corrected chi connectivity index (χ3v) is 11.0. The number of carbonyl (C=O) groups excluding carboxylic acids is 3. The molecule has 1 aromatic rings. The molecule has 8 nitrogen and oxygen atoms in total. The quantitative estimate of drug-likeness (QED) is 0.425. The summed E-state index contributed by atoms with van der Waals surface area (Å²) >= 11 is 1.37. The van der Waals surface area contributed by atoms with Crippen LogP contribution < -0.4 is 5.32 Å². The molecule has 1 aromatic heterocycles. The van der Waals surface area contributed by atoms with Crippen LogP contribution in [0.25, 0.3) is 6.08 Å². The molecule has 2 aliphatic rings. The van der Waals surface area contributed by atoms with Gasteiger partial charge in [0.15, 0.2) is 5.78 Å². The highest BCUT2D eigenvalue weighted by atomic mass is 33.1. The van der Waals surface area contributed by atoms with Crippen molar-refractivity contribution in [2.24, 2.45) is 0 Å². The van der Waals surface area contributed by atoms with Gasteiger partial charge in [0.05, 0.1) is 21.6 Å². The molecule has 2 N–H and O–H groups in total. The molecule has 2 aliphatic heterocycles.